The molecule has 0 fully saturated rings. The normalized spacial score (nSPS) is 16.7. The summed E-state index contributed by atoms with van der Waals surface area (Å²) in [5.41, 5.74) is 7.01. The maximum absolute atomic E-state index is 12.5. The number of nitrogens with two attached hydrogens (primary N) is 1. The van der Waals surface area contributed by atoms with Gasteiger partial charge in [-0.3, -0.25) is 4.79 Å². The van der Waals surface area contributed by atoms with E-state index in [1.54, 1.807) is 37.1 Å². The molecule has 2 rings (SSSR count). The molecule has 3 N–H and O–H groups in total. The number of rotatable bonds is 7. The number of hydrogen-bond donors (Lipinski definition) is 2. The fourth-order valence-corrected chi connectivity index (χ4v) is 2.95. The number of nitrogens with one attached hydrogen (secondary N) is 1. The molecule has 0 aliphatic carbocycles. The lowest BCUT2D eigenvalue weighted by Gasteiger charge is -2.35. The molecule has 27 heavy (non-hydrogen) atoms. The lowest BCUT2D eigenvalue weighted by molar-refractivity contribution is -0.139. The van der Waals surface area contributed by atoms with Crippen LogP contribution in [0.1, 0.15) is 25.5 Å². The Hall–Kier alpha value is -2.81. The van der Waals surface area contributed by atoms with Crippen LogP contribution in [0.4, 0.5) is 0 Å². The van der Waals surface area contributed by atoms with Gasteiger partial charge in [-0.05, 0) is 43.8 Å². The molecule has 146 valence electrons. The Morgan fingerprint density at radius 2 is 2.04 bits per heavy atom. The van der Waals surface area contributed by atoms with Crippen LogP contribution < -0.4 is 20.5 Å². The second-order valence-electron chi connectivity index (χ2n) is 5.83. The van der Waals surface area contributed by atoms with Crippen molar-refractivity contribution in [2.75, 3.05) is 27.4 Å². The SMILES string of the molecule is CCOC(=O)C1=C(C)N(C)C(=S)NC1c1ccc(OCC(N)=O)c(OC)c1. The first-order valence-electron chi connectivity index (χ1n) is 8.31. The van der Waals surface area contributed by atoms with E-state index in [2.05, 4.69) is 5.32 Å². The number of nitrogens with zero attached hydrogens (tertiary/aromatic N) is 1. The quantitative estimate of drug-likeness (QED) is 0.527. The Kier molecular flexibility index (Phi) is 6.62. The number of thiocarbonyl (C=S) groups is 1. The molecule has 1 aliphatic heterocycles. The number of esters is 1. The number of methoxy groups -OCH3 is 1. The van der Waals surface area contributed by atoms with E-state index in [0.29, 0.717) is 27.9 Å². The fraction of sp³-hybridized carbons (Fsp3) is 0.389. The standard InChI is InChI=1S/C18H23N3O5S/c1-5-25-17(23)15-10(2)21(3)18(27)20-16(15)11-6-7-12(13(8-11)24-4)26-9-14(19)22/h6-8,16H,5,9H2,1-4H3,(H2,19,22)(H,20,27). The van der Waals surface area contributed by atoms with Gasteiger partial charge in [0.05, 0.1) is 25.3 Å². The first kappa shape index (κ1) is 20.5. The van der Waals surface area contributed by atoms with Gasteiger partial charge in [0.15, 0.2) is 23.2 Å². The molecule has 8 nitrogen and oxygen atoms in total. The van der Waals surface area contributed by atoms with Crippen molar-refractivity contribution >= 4 is 29.2 Å². The molecule has 0 saturated carbocycles. The summed E-state index contributed by atoms with van der Waals surface area (Å²) in [6, 6.07) is 4.62. The van der Waals surface area contributed by atoms with Crippen molar-refractivity contribution in [1.29, 1.82) is 0 Å². The van der Waals surface area contributed by atoms with Gasteiger partial charge in [0.25, 0.3) is 5.91 Å². The topological polar surface area (TPSA) is 103 Å². The average Bonchev–Trinajstić information content (AvgIpc) is 2.64. The highest BCUT2D eigenvalue weighted by molar-refractivity contribution is 7.80. The first-order chi connectivity index (χ1) is 12.8. The van der Waals surface area contributed by atoms with Crippen LogP contribution in [0, 0.1) is 0 Å². The minimum absolute atomic E-state index is 0.264. The molecule has 1 atom stereocenters. The minimum atomic E-state index is -0.591. The van der Waals surface area contributed by atoms with Crippen molar-refractivity contribution < 1.29 is 23.8 Å². The third-order valence-corrected chi connectivity index (χ3v) is 4.53. The number of allylic oxidation sites excluding steroid dienone is 1. The van der Waals surface area contributed by atoms with Gasteiger partial charge in [-0.15, -0.1) is 0 Å². The van der Waals surface area contributed by atoms with E-state index in [9.17, 15) is 9.59 Å². The van der Waals surface area contributed by atoms with E-state index in [4.69, 9.17) is 32.2 Å². The van der Waals surface area contributed by atoms with Gasteiger partial charge in [-0.1, -0.05) is 6.07 Å². The minimum Gasteiger partial charge on any atom is -0.493 e. The summed E-state index contributed by atoms with van der Waals surface area (Å²) in [4.78, 5) is 25.2. The first-order valence-corrected chi connectivity index (χ1v) is 8.72. The van der Waals surface area contributed by atoms with Crippen molar-refractivity contribution in [2.24, 2.45) is 5.73 Å². The Bertz CT molecular complexity index is 793. The smallest absolute Gasteiger partial charge is 0.338 e. The summed E-state index contributed by atoms with van der Waals surface area (Å²) in [6.07, 6.45) is 0. The second-order valence-corrected chi connectivity index (χ2v) is 6.21. The zero-order valence-electron chi connectivity index (χ0n) is 15.7. The Morgan fingerprint density at radius 1 is 1.33 bits per heavy atom. The number of primary amides is 1. The Labute approximate surface area is 163 Å². The zero-order valence-corrected chi connectivity index (χ0v) is 16.5. The number of carbonyl (C=O) groups is 2. The number of benzene rings is 1. The van der Waals surface area contributed by atoms with Crippen LogP contribution in [0.2, 0.25) is 0 Å². The van der Waals surface area contributed by atoms with E-state index in [0.717, 1.165) is 5.56 Å². The van der Waals surface area contributed by atoms with Crippen LogP contribution in [0.5, 0.6) is 11.5 Å². The zero-order chi connectivity index (χ0) is 20.1. The molecule has 1 unspecified atom stereocenters. The van der Waals surface area contributed by atoms with Crippen molar-refractivity contribution in [1.82, 2.24) is 10.2 Å². The van der Waals surface area contributed by atoms with Gasteiger partial charge in [-0.25, -0.2) is 4.79 Å². The number of ether oxygens (including phenoxy) is 3. The highest BCUT2D eigenvalue weighted by atomic mass is 32.1. The maximum atomic E-state index is 12.5. The van der Waals surface area contributed by atoms with Crippen molar-refractivity contribution in [3.63, 3.8) is 0 Å². The summed E-state index contributed by atoms with van der Waals surface area (Å²) >= 11 is 5.37. The lowest BCUT2D eigenvalue weighted by Crippen LogP contribution is -2.46. The molecule has 0 aromatic heterocycles. The van der Waals surface area contributed by atoms with E-state index < -0.39 is 17.9 Å². The predicted octanol–water partition coefficient (Wildman–Crippen LogP) is 1.26. The van der Waals surface area contributed by atoms with E-state index >= 15 is 0 Å². The molecule has 0 saturated heterocycles. The second kappa shape index (κ2) is 8.72. The van der Waals surface area contributed by atoms with E-state index in [-0.39, 0.29) is 13.2 Å². The van der Waals surface area contributed by atoms with E-state index in [1.165, 1.54) is 7.11 Å². The lowest BCUT2D eigenvalue weighted by atomic mass is 9.95. The van der Waals surface area contributed by atoms with Gasteiger partial charge in [-0.2, -0.15) is 0 Å². The van der Waals surface area contributed by atoms with Crippen molar-refractivity contribution in [3.05, 3.63) is 35.0 Å². The molecule has 0 radical (unpaired) electrons. The van der Waals surface area contributed by atoms with Gasteiger partial charge in [0.2, 0.25) is 0 Å². The van der Waals surface area contributed by atoms with Crippen molar-refractivity contribution in [2.45, 2.75) is 19.9 Å². The summed E-state index contributed by atoms with van der Waals surface area (Å²) in [5.74, 6) is -0.239. The summed E-state index contributed by atoms with van der Waals surface area (Å²) in [6.45, 7) is 3.56. The molecule has 0 spiro atoms. The van der Waals surface area contributed by atoms with Crippen LogP contribution in [-0.2, 0) is 14.3 Å². The molecule has 1 heterocycles. The molecule has 1 aliphatic rings. The molecular formula is C18H23N3O5S. The highest BCUT2D eigenvalue weighted by Crippen LogP contribution is 2.35. The summed E-state index contributed by atoms with van der Waals surface area (Å²) in [7, 11) is 3.26. The highest BCUT2D eigenvalue weighted by Gasteiger charge is 2.33. The van der Waals surface area contributed by atoms with Crippen LogP contribution in [0.3, 0.4) is 0 Å². The van der Waals surface area contributed by atoms with Crippen LogP contribution in [0.15, 0.2) is 29.5 Å². The molecule has 0 bridgehead atoms. The van der Waals surface area contributed by atoms with Crippen molar-refractivity contribution in [3.8, 4) is 11.5 Å². The fourth-order valence-electron chi connectivity index (χ4n) is 2.69. The summed E-state index contributed by atoms with van der Waals surface area (Å²) in [5, 5.41) is 3.64. The van der Waals surface area contributed by atoms with E-state index in [1.807, 2.05) is 6.92 Å². The van der Waals surface area contributed by atoms with Gasteiger partial charge in [0, 0.05) is 12.7 Å². The molecular weight excluding hydrogens is 370 g/mol. The van der Waals surface area contributed by atoms with Crippen LogP contribution >= 0.6 is 12.2 Å². The Morgan fingerprint density at radius 3 is 2.63 bits per heavy atom. The maximum Gasteiger partial charge on any atom is 0.338 e. The third-order valence-electron chi connectivity index (χ3n) is 4.14. The number of amides is 1. The monoisotopic (exact) mass is 393 g/mol. The van der Waals surface area contributed by atoms with Gasteiger partial charge >= 0.3 is 5.97 Å². The average molecular weight is 393 g/mol. The Balaban J connectivity index is 2.45. The van der Waals surface area contributed by atoms with Gasteiger partial charge < -0.3 is 30.2 Å². The molecule has 1 aromatic rings. The van der Waals surface area contributed by atoms with Crippen LogP contribution in [0.25, 0.3) is 0 Å². The van der Waals surface area contributed by atoms with Crippen LogP contribution in [-0.4, -0.2) is 49.3 Å². The largest absolute Gasteiger partial charge is 0.493 e. The third kappa shape index (κ3) is 4.48. The number of hydrogen-bond acceptors (Lipinski definition) is 6. The molecule has 9 heteroatoms. The molecule has 1 aromatic carbocycles. The number of carbonyl (C=O) groups excluding carboxylic acids is 2. The molecule has 1 amide bonds. The van der Waals surface area contributed by atoms with Gasteiger partial charge in [0.1, 0.15) is 0 Å². The summed E-state index contributed by atoms with van der Waals surface area (Å²) < 4.78 is 15.9. The predicted molar refractivity (Wildman–Crippen MR) is 103 cm³/mol.